The maximum atomic E-state index is 2.32. The molecule has 0 spiro atoms. The Morgan fingerprint density at radius 2 is 1.42 bits per heavy atom. The predicted octanol–water partition coefficient (Wildman–Crippen LogP) is 4.64. The highest BCUT2D eigenvalue weighted by molar-refractivity contribution is 8.11. The molecule has 0 aromatic carbocycles. The molecule has 0 bridgehead atoms. The zero-order valence-electron chi connectivity index (χ0n) is 8.66. The van der Waals surface area contributed by atoms with E-state index in [0.29, 0.717) is 0 Å². The Bertz CT molecular complexity index is 64.2. The van der Waals surface area contributed by atoms with E-state index in [1.165, 1.54) is 67.6 Å². The molecule has 0 aliphatic rings. The average Bonchev–Trinajstić information content (AvgIpc) is 2.10. The van der Waals surface area contributed by atoms with Gasteiger partial charge in [-0.1, -0.05) is 53.7 Å². The normalized spacial score (nSPS) is 12.5. The third kappa shape index (κ3) is 10.9. The zero-order chi connectivity index (χ0) is 9.07. The second kappa shape index (κ2) is 11.9. The van der Waals surface area contributed by atoms with E-state index >= 15 is 0 Å². The number of rotatable bonds is 9. The van der Waals surface area contributed by atoms with Crippen LogP contribution in [0, 0.1) is 0 Å². The fourth-order valence-electron chi connectivity index (χ4n) is 1.30. The van der Waals surface area contributed by atoms with Crippen LogP contribution in [0.3, 0.4) is 0 Å². The Hall–Kier alpha value is 0.860. The Balaban J connectivity index is 2.73. The van der Waals surface area contributed by atoms with Crippen molar-refractivity contribution in [3.05, 3.63) is 0 Å². The van der Waals surface area contributed by atoms with Crippen LogP contribution < -0.4 is 0 Å². The molecule has 0 aromatic rings. The van der Waals surface area contributed by atoms with E-state index in [2.05, 4.69) is 13.6 Å². The lowest BCUT2D eigenvalue weighted by Gasteiger charge is -2.00. The molecule has 0 N–H and O–H groups in total. The number of hydrogen-bond donors (Lipinski definition) is 0. The fourth-order valence-corrected chi connectivity index (χ4v) is 3.25. The van der Waals surface area contributed by atoms with Gasteiger partial charge in [-0.05, 0) is 19.2 Å². The van der Waals surface area contributed by atoms with Gasteiger partial charge in [0.1, 0.15) is 0 Å². The highest BCUT2D eigenvalue weighted by Gasteiger charge is 1.89. The van der Waals surface area contributed by atoms with Crippen LogP contribution in [0.4, 0.5) is 0 Å². The first kappa shape index (κ1) is 12.9. The van der Waals surface area contributed by atoms with Crippen molar-refractivity contribution in [2.45, 2.75) is 51.9 Å². The molecular formula is C10H24P2. The van der Waals surface area contributed by atoms with Crippen LogP contribution in [0.5, 0.6) is 0 Å². The molecule has 2 atom stereocenters. The molecular weight excluding hydrogens is 182 g/mol. The van der Waals surface area contributed by atoms with Crippen LogP contribution in [-0.2, 0) is 0 Å². The predicted molar refractivity (Wildman–Crippen MR) is 65.4 cm³/mol. The lowest BCUT2D eigenvalue weighted by atomic mass is 10.1. The third-order valence-corrected chi connectivity index (χ3v) is 4.85. The van der Waals surface area contributed by atoms with Crippen molar-refractivity contribution in [3.63, 3.8) is 0 Å². The van der Waals surface area contributed by atoms with Crippen LogP contribution in [0.25, 0.3) is 0 Å². The van der Waals surface area contributed by atoms with Gasteiger partial charge in [0, 0.05) is 0 Å². The van der Waals surface area contributed by atoms with Crippen molar-refractivity contribution in [2.75, 3.05) is 12.8 Å². The molecule has 0 rings (SSSR count). The quantitative estimate of drug-likeness (QED) is 0.381. The summed E-state index contributed by atoms with van der Waals surface area (Å²) in [6.07, 6.45) is 11.7. The molecule has 0 saturated heterocycles. The van der Waals surface area contributed by atoms with Crippen LogP contribution in [0.2, 0.25) is 0 Å². The average molecular weight is 206 g/mol. The number of unbranched alkanes of at least 4 members (excludes halogenated alkanes) is 6. The molecule has 0 nitrogen and oxygen atoms in total. The third-order valence-electron chi connectivity index (χ3n) is 2.08. The van der Waals surface area contributed by atoms with Crippen LogP contribution in [0.1, 0.15) is 51.9 Å². The summed E-state index contributed by atoms with van der Waals surface area (Å²) < 4.78 is 0. The van der Waals surface area contributed by atoms with Crippen molar-refractivity contribution in [1.29, 1.82) is 0 Å². The van der Waals surface area contributed by atoms with Gasteiger partial charge in [-0.25, -0.2) is 0 Å². The minimum atomic E-state index is 1.20. The van der Waals surface area contributed by atoms with Gasteiger partial charge in [0.25, 0.3) is 0 Å². The Morgan fingerprint density at radius 3 is 2.00 bits per heavy atom. The topological polar surface area (TPSA) is 0 Å². The summed E-state index contributed by atoms with van der Waals surface area (Å²) in [6.45, 7) is 4.60. The fraction of sp³-hybridized carbons (Fsp3) is 1.00. The second-order valence-corrected chi connectivity index (χ2v) is 7.21. The van der Waals surface area contributed by atoms with E-state index in [1.807, 2.05) is 0 Å². The Kier molecular flexibility index (Phi) is 12.7. The summed E-state index contributed by atoms with van der Waals surface area (Å²) in [5.41, 5.74) is 0. The lowest BCUT2D eigenvalue weighted by molar-refractivity contribution is 0.603. The van der Waals surface area contributed by atoms with Gasteiger partial charge < -0.3 is 0 Å². The van der Waals surface area contributed by atoms with Crippen molar-refractivity contribution >= 4 is 16.5 Å². The van der Waals surface area contributed by atoms with Gasteiger partial charge in [-0.3, -0.25) is 0 Å². The molecule has 0 radical (unpaired) electrons. The van der Waals surface area contributed by atoms with Crippen molar-refractivity contribution in [2.24, 2.45) is 0 Å². The second-order valence-electron chi connectivity index (χ2n) is 3.30. The van der Waals surface area contributed by atoms with Crippen molar-refractivity contribution < 1.29 is 0 Å². The highest BCUT2D eigenvalue weighted by Crippen LogP contribution is 2.33. The molecule has 12 heavy (non-hydrogen) atoms. The molecule has 0 saturated carbocycles. The molecule has 0 aromatic heterocycles. The maximum Gasteiger partial charge on any atom is -0.0317 e. The summed E-state index contributed by atoms with van der Waals surface area (Å²) in [6, 6.07) is 0. The minimum absolute atomic E-state index is 1.20. The highest BCUT2D eigenvalue weighted by atomic mass is 32.0. The maximum absolute atomic E-state index is 2.32. The first-order chi connectivity index (χ1) is 5.91. The van der Waals surface area contributed by atoms with Gasteiger partial charge in [0.05, 0.1) is 0 Å². The van der Waals surface area contributed by atoms with Crippen LogP contribution in [-0.4, -0.2) is 12.8 Å². The van der Waals surface area contributed by atoms with Crippen molar-refractivity contribution in [1.82, 2.24) is 0 Å². The lowest BCUT2D eigenvalue weighted by Crippen LogP contribution is -1.80. The molecule has 0 heterocycles. The monoisotopic (exact) mass is 206 g/mol. The van der Waals surface area contributed by atoms with Gasteiger partial charge in [0.15, 0.2) is 0 Å². The molecule has 0 amide bonds. The van der Waals surface area contributed by atoms with Crippen molar-refractivity contribution in [3.8, 4) is 0 Å². The van der Waals surface area contributed by atoms with Gasteiger partial charge in [0.2, 0.25) is 0 Å². The largest absolute Gasteiger partial charge is 0.102 e. The summed E-state index contributed by atoms with van der Waals surface area (Å²) in [5, 5.41) is 0. The van der Waals surface area contributed by atoms with Gasteiger partial charge >= 0.3 is 0 Å². The van der Waals surface area contributed by atoms with Crippen LogP contribution >= 0.6 is 16.5 Å². The SMILES string of the molecule is CCCCCCCCCPPC. The van der Waals surface area contributed by atoms with E-state index in [4.69, 9.17) is 0 Å². The van der Waals surface area contributed by atoms with E-state index in [1.54, 1.807) is 0 Å². The van der Waals surface area contributed by atoms with Gasteiger partial charge in [-0.15, -0.1) is 8.27 Å². The molecule has 0 aliphatic carbocycles. The Morgan fingerprint density at radius 1 is 0.833 bits per heavy atom. The molecule has 74 valence electrons. The Labute approximate surface area is 81.7 Å². The van der Waals surface area contributed by atoms with Gasteiger partial charge in [-0.2, -0.15) is 0 Å². The molecule has 2 heteroatoms. The summed E-state index contributed by atoms with van der Waals surface area (Å²) in [4.78, 5) is 0. The van der Waals surface area contributed by atoms with E-state index < -0.39 is 0 Å². The van der Waals surface area contributed by atoms with E-state index in [9.17, 15) is 0 Å². The zero-order valence-corrected chi connectivity index (χ0v) is 10.7. The summed E-state index contributed by atoms with van der Waals surface area (Å²) in [7, 11) is 2.45. The summed E-state index contributed by atoms with van der Waals surface area (Å²) >= 11 is 0. The van der Waals surface area contributed by atoms with E-state index in [0.717, 1.165) is 0 Å². The number of hydrogen-bond acceptors (Lipinski definition) is 0. The van der Waals surface area contributed by atoms with Crippen LogP contribution in [0.15, 0.2) is 0 Å². The molecule has 0 fully saturated rings. The standard InChI is InChI=1S/C10H24P2/c1-3-4-5-6-7-8-9-10-12-11-2/h11-12H,3-10H2,1-2H3. The smallest absolute Gasteiger partial charge is 0.0317 e. The summed E-state index contributed by atoms with van der Waals surface area (Å²) in [5.74, 6) is 0. The first-order valence-corrected chi connectivity index (χ1v) is 9.02. The minimum Gasteiger partial charge on any atom is -0.102 e. The molecule has 0 aliphatic heterocycles. The first-order valence-electron chi connectivity index (χ1n) is 5.31. The molecule has 2 unspecified atom stereocenters. The van der Waals surface area contributed by atoms with E-state index in [-0.39, 0.29) is 0 Å².